The fraction of sp³-hybridized carbons (Fsp3) is 0.308. The Morgan fingerprint density at radius 2 is 2.30 bits per heavy atom. The lowest BCUT2D eigenvalue weighted by atomic mass is 10.1. The molecule has 6 nitrogen and oxygen atoms in total. The normalized spacial score (nSPS) is 10.5. The van der Waals surface area contributed by atoms with Crippen LogP contribution < -0.4 is 11.1 Å². The topological polar surface area (TPSA) is 96.7 Å². The van der Waals surface area contributed by atoms with E-state index < -0.39 is 0 Å². The molecule has 0 saturated heterocycles. The van der Waals surface area contributed by atoms with Crippen LogP contribution in [0.15, 0.2) is 18.5 Å². The van der Waals surface area contributed by atoms with Gasteiger partial charge in [-0.05, 0) is 31.4 Å². The van der Waals surface area contributed by atoms with Gasteiger partial charge in [-0.25, -0.2) is 4.98 Å². The van der Waals surface area contributed by atoms with Gasteiger partial charge in [0.25, 0.3) is 5.91 Å². The smallest absolute Gasteiger partial charge is 0.253 e. The zero-order valence-corrected chi connectivity index (χ0v) is 11.9. The highest BCUT2D eigenvalue weighted by atomic mass is 35.5. The summed E-state index contributed by atoms with van der Waals surface area (Å²) in [5.74, 6) is -0.240. The van der Waals surface area contributed by atoms with E-state index in [2.05, 4.69) is 20.5 Å². The zero-order valence-electron chi connectivity index (χ0n) is 11.1. The van der Waals surface area contributed by atoms with Gasteiger partial charge in [-0.2, -0.15) is 5.10 Å². The number of nitrogen functional groups attached to an aromatic ring is 1. The number of nitrogens with two attached hydrogens (primary N) is 1. The van der Waals surface area contributed by atoms with Crippen molar-refractivity contribution in [2.45, 2.75) is 19.8 Å². The number of aromatic nitrogens is 3. The van der Waals surface area contributed by atoms with E-state index in [1.807, 2.05) is 6.92 Å². The van der Waals surface area contributed by atoms with Crippen molar-refractivity contribution in [3.8, 4) is 0 Å². The Morgan fingerprint density at radius 1 is 1.50 bits per heavy atom. The number of carbonyl (C=O) groups excluding carboxylic acids is 1. The Bertz CT molecular complexity index is 611. The van der Waals surface area contributed by atoms with E-state index in [1.165, 1.54) is 12.3 Å². The predicted molar refractivity (Wildman–Crippen MR) is 77.6 cm³/mol. The first-order chi connectivity index (χ1) is 9.58. The third-order valence-corrected chi connectivity index (χ3v) is 3.20. The Morgan fingerprint density at radius 3 is 3.00 bits per heavy atom. The van der Waals surface area contributed by atoms with Crippen LogP contribution in [-0.4, -0.2) is 27.6 Å². The summed E-state index contributed by atoms with van der Waals surface area (Å²) in [6.45, 7) is 2.53. The zero-order chi connectivity index (χ0) is 14.5. The summed E-state index contributed by atoms with van der Waals surface area (Å²) in [4.78, 5) is 15.8. The number of nitrogens with zero attached hydrogens (tertiary/aromatic N) is 2. The Kier molecular flexibility index (Phi) is 4.57. The van der Waals surface area contributed by atoms with Gasteiger partial charge in [0.2, 0.25) is 0 Å². The number of carbonyl (C=O) groups is 1. The molecule has 106 valence electrons. The Labute approximate surface area is 121 Å². The van der Waals surface area contributed by atoms with Crippen LogP contribution in [0.25, 0.3) is 0 Å². The quantitative estimate of drug-likeness (QED) is 0.577. The van der Waals surface area contributed by atoms with Crippen LogP contribution >= 0.6 is 11.6 Å². The Balaban J connectivity index is 1.83. The molecule has 0 spiro atoms. The van der Waals surface area contributed by atoms with Gasteiger partial charge in [0, 0.05) is 12.2 Å². The molecule has 0 aliphatic heterocycles. The van der Waals surface area contributed by atoms with E-state index in [4.69, 9.17) is 17.3 Å². The number of aryl methyl sites for hydroxylation is 2. The van der Waals surface area contributed by atoms with Crippen molar-refractivity contribution in [1.29, 1.82) is 0 Å². The average Bonchev–Trinajstić information content (AvgIpc) is 2.83. The lowest BCUT2D eigenvalue weighted by molar-refractivity contribution is 0.0954. The van der Waals surface area contributed by atoms with Gasteiger partial charge in [-0.1, -0.05) is 11.6 Å². The number of amides is 1. The van der Waals surface area contributed by atoms with Crippen molar-refractivity contribution in [3.63, 3.8) is 0 Å². The highest BCUT2D eigenvalue weighted by Gasteiger charge is 2.10. The molecule has 2 heterocycles. The average molecular weight is 294 g/mol. The number of halogens is 1. The highest BCUT2D eigenvalue weighted by molar-refractivity contribution is 6.29. The van der Waals surface area contributed by atoms with Gasteiger partial charge in [0.1, 0.15) is 5.15 Å². The van der Waals surface area contributed by atoms with Gasteiger partial charge in [-0.15, -0.1) is 0 Å². The van der Waals surface area contributed by atoms with Gasteiger partial charge in [0.05, 0.1) is 23.6 Å². The van der Waals surface area contributed by atoms with Crippen molar-refractivity contribution in [2.75, 3.05) is 12.3 Å². The van der Waals surface area contributed by atoms with Crippen molar-refractivity contribution in [1.82, 2.24) is 20.5 Å². The molecule has 0 aliphatic carbocycles. The SMILES string of the molecule is Cc1[nH]ncc1CCCNC(=O)c1cc(Cl)ncc1N. The number of anilines is 1. The second-order valence-corrected chi connectivity index (χ2v) is 4.86. The summed E-state index contributed by atoms with van der Waals surface area (Å²) in [6, 6.07) is 1.46. The number of aromatic amines is 1. The first-order valence-corrected chi connectivity index (χ1v) is 6.64. The van der Waals surface area contributed by atoms with Crippen LogP contribution in [0.2, 0.25) is 5.15 Å². The summed E-state index contributed by atoms with van der Waals surface area (Å²) in [5.41, 5.74) is 8.58. The predicted octanol–water partition coefficient (Wildman–Crippen LogP) is 1.71. The van der Waals surface area contributed by atoms with E-state index in [9.17, 15) is 4.79 Å². The molecule has 7 heteroatoms. The van der Waals surface area contributed by atoms with Gasteiger partial charge in [0.15, 0.2) is 0 Å². The van der Waals surface area contributed by atoms with Gasteiger partial charge >= 0.3 is 0 Å². The number of nitrogens with one attached hydrogen (secondary N) is 2. The summed E-state index contributed by atoms with van der Waals surface area (Å²) in [7, 11) is 0. The summed E-state index contributed by atoms with van der Waals surface area (Å²) >= 11 is 5.75. The molecule has 2 rings (SSSR count). The molecule has 20 heavy (non-hydrogen) atoms. The van der Waals surface area contributed by atoms with Crippen LogP contribution in [0.1, 0.15) is 28.0 Å². The van der Waals surface area contributed by atoms with E-state index in [1.54, 1.807) is 6.20 Å². The molecule has 4 N–H and O–H groups in total. The van der Waals surface area contributed by atoms with Crippen LogP contribution in [0.3, 0.4) is 0 Å². The maximum absolute atomic E-state index is 11.9. The molecule has 1 amide bonds. The minimum atomic E-state index is -0.240. The van der Waals surface area contributed by atoms with Crippen LogP contribution in [0.4, 0.5) is 5.69 Å². The summed E-state index contributed by atoms with van der Waals surface area (Å²) in [6.07, 6.45) is 4.86. The molecule has 2 aromatic heterocycles. The molecule has 0 radical (unpaired) electrons. The number of H-pyrrole nitrogens is 1. The second kappa shape index (κ2) is 6.38. The molecule has 0 bridgehead atoms. The van der Waals surface area contributed by atoms with Crippen LogP contribution in [-0.2, 0) is 6.42 Å². The number of hydrogen-bond acceptors (Lipinski definition) is 4. The lowest BCUT2D eigenvalue weighted by Crippen LogP contribution is -2.25. The molecule has 0 saturated carbocycles. The van der Waals surface area contributed by atoms with E-state index in [-0.39, 0.29) is 11.1 Å². The second-order valence-electron chi connectivity index (χ2n) is 4.47. The summed E-state index contributed by atoms with van der Waals surface area (Å²) in [5, 5.41) is 9.90. The van der Waals surface area contributed by atoms with Crippen LogP contribution in [0.5, 0.6) is 0 Å². The molecular weight excluding hydrogens is 278 g/mol. The molecule has 0 aromatic carbocycles. The fourth-order valence-electron chi connectivity index (χ4n) is 1.84. The van der Waals surface area contributed by atoms with Crippen molar-refractivity contribution >= 4 is 23.2 Å². The molecule has 2 aromatic rings. The lowest BCUT2D eigenvalue weighted by Gasteiger charge is -2.07. The van der Waals surface area contributed by atoms with E-state index in [0.717, 1.165) is 24.1 Å². The maximum atomic E-state index is 11.9. The van der Waals surface area contributed by atoms with Crippen molar-refractivity contribution in [3.05, 3.63) is 40.4 Å². The van der Waals surface area contributed by atoms with Gasteiger partial charge in [-0.3, -0.25) is 9.89 Å². The van der Waals surface area contributed by atoms with Crippen molar-refractivity contribution < 1.29 is 4.79 Å². The van der Waals surface area contributed by atoms with Crippen molar-refractivity contribution in [2.24, 2.45) is 0 Å². The first-order valence-electron chi connectivity index (χ1n) is 6.26. The number of pyridine rings is 1. The van der Waals surface area contributed by atoms with E-state index in [0.29, 0.717) is 17.8 Å². The highest BCUT2D eigenvalue weighted by Crippen LogP contribution is 2.14. The molecule has 0 atom stereocenters. The number of hydrogen-bond donors (Lipinski definition) is 3. The van der Waals surface area contributed by atoms with E-state index >= 15 is 0 Å². The largest absolute Gasteiger partial charge is 0.397 e. The summed E-state index contributed by atoms with van der Waals surface area (Å²) < 4.78 is 0. The Hall–Kier alpha value is -2.08. The maximum Gasteiger partial charge on any atom is 0.253 e. The monoisotopic (exact) mass is 293 g/mol. The standard InChI is InChI=1S/C13H16ClN5O/c1-8-9(6-18-19-8)3-2-4-16-13(20)10-5-12(14)17-7-11(10)15/h5-7H,2-4,15H2,1H3,(H,16,20)(H,18,19). The van der Waals surface area contributed by atoms with Gasteiger partial charge < -0.3 is 11.1 Å². The molecule has 0 fully saturated rings. The molecule has 0 aliphatic rings. The number of rotatable bonds is 5. The fourth-order valence-corrected chi connectivity index (χ4v) is 2.00. The third-order valence-electron chi connectivity index (χ3n) is 2.99. The minimum Gasteiger partial charge on any atom is -0.397 e. The molecular formula is C13H16ClN5O. The minimum absolute atomic E-state index is 0.240. The third kappa shape index (κ3) is 3.48. The van der Waals surface area contributed by atoms with Crippen LogP contribution in [0, 0.1) is 6.92 Å². The first kappa shape index (κ1) is 14.3. The molecule has 0 unspecified atom stereocenters.